The van der Waals surface area contributed by atoms with Crippen molar-refractivity contribution in [3.63, 3.8) is 0 Å². The lowest BCUT2D eigenvalue weighted by Crippen LogP contribution is -2.24. The summed E-state index contributed by atoms with van der Waals surface area (Å²) in [5.74, 6) is 2.27. The molecule has 100 valence electrons. The molecule has 2 rings (SSSR count). The van der Waals surface area contributed by atoms with Gasteiger partial charge in [0, 0.05) is 12.5 Å². The molecule has 1 aliphatic rings. The predicted molar refractivity (Wildman–Crippen MR) is 70.1 cm³/mol. The first-order valence-corrected chi connectivity index (χ1v) is 7.14. The molecule has 4 heteroatoms. The summed E-state index contributed by atoms with van der Waals surface area (Å²) in [6.07, 6.45) is 7.82. The van der Waals surface area contributed by atoms with Crippen LogP contribution >= 0.6 is 0 Å². The molecular formula is C14H23N3O. The molecule has 1 fully saturated rings. The van der Waals surface area contributed by atoms with E-state index < -0.39 is 0 Å². The number of rotatable bonds is 5. The average Bonchev–Trinajstić information content (AvgIpc) is 2.86. The Morgan fingerprint density at radius 1 is 1.33 bits per heavy atom. The smallest absolute Gasteiger partial charge is 0.143 e. The number of carbonyl (C=O) groups excluding carboxylic acids is 1. The van der Waals surface area contributed by atoms with Crippen molar-refractivity contribution in [2.75, 3.05) is 0 Å². The molecule has 1 aromatic heterocycles. The summed E-state index contributed by atoms with van der Waals surface area (Å²) in [4.78, 5) is 16.4. The van der Waals surface area contributed by atoms with Crippen LogP contribution in [0.4, 0.5) is 0 Å². The molecule has 0 saturated heterocycles. The van der Waals surface area contributed by atoms with Crippen molar-refractivity contribution in [1.82, 2.24) is 14.8 Å². The first-order valence-electron chi connectivity index (χ1n) is 7.14. The van der Waals surface area contributed by atoms with E-state index in [0.717, 1.165) is 31.1 Å². The van der Waals surface area contributed by atoms with Crippen LogP contribution in [-0.2, 0) is 17.8 Å². The Hall–Kier alpha value is -1.19. The van der Waals surface area contributed by atoms with Crippen molar-refractivity contribution >= 4 is 5.78 Å². The summed E-state index contributed by atoms with van der Waals surface area (Å²) in [5.41, 5.74) is 0. The summed E-state index contributed by atoms with van der Waals surface area (Å²) < 4.78 is 1.82. The first kappa shape index (κ1) is 13.2. The third-order valence-electron chi connectivity index (χ3n) is 4.21. The van der Waals surface area contributed by atoms with Gasteiger partial charge in [-0.2, -0.15) is 5.10 Å². The second-order valence-corrected chi connectivity index (χ2v) is 5.26. The van der Waals surface area contributed by atoms with Gasteiger partial charge in [0.2, 0.25) is 0 Å². The highest BCUT2D eigenvalue weighted by Crippen LogP contribution is 2.31. The molecule has 0 unspecified atom stereocenters. The van der Waals surface area contributed by atoms with Gasteiger partial charge in [0.05, 0.1) is 6.42 Å². The van der Waals surface area contributed by atoms with E-state index in [9.17, 15) is 4.79 Å². The van der Waals surface area contributed by atoms with Crippen LogP contribution in [0.2, 0.25) is 0 Å². The van der Waals surface area contributed by atoms with Crippen LogP contribution in [0.25, 0.3) is 0 Å². The van der Waals surface area contributed by atoms with Gasteiger partial charge in [0.1, 0.15) is 17.9 Å². The Labute approximate surface area is 109 Å². The SMILES string of the molecule is CCC1CCC(C(=O)Cc2ncnn2CC)CC1. The molecule has 1 aliphatic carbocycles. The molecule has 0 aliphatic heterocycles. The molecule has 1 heterocycles. The van der Waals surface area contributed by atoms with E-state index in [1.807, 2.05) is 11.6 Å². The fraction of sp³-hybridized carbons (Fsp3) is 0.786. The minimum absolute atomic E-state index is 0.259. The van der Waals surface area contributed by atoms with E-state index in [-0.39, 0.29) is 5.92 Å². The zero-order valence-corrected chi connectivity index (χ0v) is 11.4. The van der Waals surface area contributed by atoms with Crippen LogP contribution in [0.1, 0.15) is 51.8 Å². The number of hydrogen-bond donors (Lipinski definition) is 0. The molecule has 0 amide bonds. The zero-order valence-electron chi connectivity index (χ0n) is 11.4. The third-order valence-corrected chi connectivity index (χ3v) is 4.21. The summed E-state index contributed by atoms with van der Waals surface area (Å²) in [6.45, 7) is 5.05. The van der Waals surface area contributed by atoms with E-state index >= 15 is 0 Å². The Bertz CT molecular complexity index is 391. The van der Waals surface area contributed by atoms with Crippen molar-refractivity contribution in [2.45, 2.75) is 58.9 Å². The zero-order chi connectivity index (χ0) is 13.0. The van der Waals surface area contributed by atoms with E-state index in [2.05, 4.69) is 17.0 Å². The Morgan fingerprint density at radius 3 is 2.67 bits per heavy atom. The third kappa shape index (κ3) is 2.98. The van der Waals surface area contributed by atoms with Crippen LogP contribution in [0.5, 0.6) is 0 Å². The minimum Gasteiger partial charge on any atom is -0.299 e. The van der Waals surface area contributed by atoms with Gasteiger partial charge in [-0.15, -0.1) is 0 Å². The molecule has 18 heavy (non-hydrogen) atoms. The highest BCUT2D eigenvalue weighted by Gasteiger charge is 2.26. The van der Waals surface area contributed by atoms with Crippen molar-refractivity contribution in [1.29, 1.82) is 0 Å². The molecule has 0 spiro atoms. The standard InChI is InChI=1S/C14H23N3O/c1-3-11-5-7-12(8-6-11)13(18)9-14-15-10-16-17(14)4-2/h10-12H,3-9H2,1-2H3. The second kappa shape index (κ2) is 6.12. The average molecular weight is 249 g/mol. The van der Waals surface area contributed by atoms with Gasteiger partial charge in [0.25, 0.3) is 0 Å². The molecule has 1 saturated carbocycles. The van der Waals surface area contributed by atoms with E-state index in [4.69, 9.17) is 0 Å². The number of ketones is 1. The highest BCUT2D eigenvalue weighted by atomic mass is 16.1. The summed E-state index contributed by atoms with van der Waals surface area (Å²) in [7, 11) is 0. The van der Waals surface area contributed by atoms with Gasteiger partial charge in [-0.1, -0.05) is 13.3 Å². The van der Waals surface area contributed by atoms with Gasteiger partial charge in [-0.3, -0.25) is 4.79 Å². The monoisotopic (exact) mass is 249 g/mol. The lowest BCUT2D eigenvalue weighted by Gasteiger charge is -2.26. The highest BCUT2D eigenvalue weighted by molar-refractivity contribution is 5.82. The van der Waals surface area contributed by atoms with Crippen molar-refractivity contribution < 1.29 is 4.79 Å². The maximum Gasteiger partial charge on any atom is 0.143 e. The van der Waals surface area contributed by atoms with Gasteiger partial charge in [-0.25, -0.2) is 9.67 Å². The molecular weight excluding hydrogens is 226 g/mol. The summed E-state index contributed by atoms with van der Waals surface area (Å²) in [6, 6.07) is 0. The Kier molecular flexibility index (Phi) is 4.50. The van der Waals surface area contributed by atoms with Crippen molar-refractivity contribution in [2.24, 2.45) is 11.8 Å². The Morgan fingerprint density at radius 2 is 2.06 bits per heavy atom. The van der Waals surface area contributed by atoms with Gasteiger partial charge in [0.15, 0.2) is 0 Å². The topological polar surface area (TPSA) is 47.8 Å². The number of hydrogen-bond acceptors (Lipinski definition) is 3. The maximum atomic E-state index is 12.2. The normalized spacial score (nSPS) is 24.1. The number of aromatic nitrogens is 3. The van der Waals surface area contributed by atoms with Crippen LogP contribution in [0.15, 0.2) is 6.33 Å². The lowest BCUT2D eigenvalue weighted by atomic mass is 9.78. The van der Waals surface area contributed by atoms with Crippen molar-refractivity contribution in [3.8, 4) is 0 Å². The summed E-state index contributed by atoms with van der Waals surface area (Å²) >= 11 is 0. The largest absolute Gasteiger partial charge is 0.299 e. The molecule has 0 atom stereocenters. The Balaban J connectivity index is 1.89. The first-order chi connectivity index (χ1) is 8.74. The molecule has 1 aromatic rings. The van der Waals surface area contributed by atoms with Gasteiger partial charge >= 0.3 is 0 Å². The number of nitrogens with zero attached hydrogens (tertiary/aromatic N) is 3. The molecule has 0 aromatic carbocycles. The van der Waals surface area contributed by atoms with Crippen LogP contribution in [-0.4, -0.2) is 20.5 Å². The van der Waals surface area contributed by atoms with Crippen LogP contribution in [0.3, 0.4) is 0 Å². The van der Waals surface area contributed by atoms with E-state index in [1.165, 1.54) is 19.3 Å². The van der Waals surface area contributed by atoms with E-state index in [1.54, 1.807) is 6.33 Å². The summed E-state index contributed by atoms with van der Waals surface area (Å²) in [5, 5.41) is 4.11. The lowest BCUT2D eigenvalue weighted by molar-refractivity contribution is -0.123. The van der Waals surface area contributed by atoms with Crippen LogP contribution in [0, 0.1) is 11.8 Å². The fourth-order valence-electron chi connectivity index (χ4n) is 2.88. The second-order valence-electron chi connectivity index (χ2n) is 5.26. The predicted octanol–water partition coefficient (Wildman–Crippen LogP) is 2.63. The van der Waals surface area contributed by atoms with Crippen LogP contribution < -0.4 is 0 Å². The number of Topliss-reactive ketones (excluding diaryl/α,β-unsaturated/α-hetero) is 1. The van der Waals surface area contributed by atoms with Gasteiger partial charge in [-0.05, 0) is 38.5 Å². The van der Waals surface area contributed by atoms with Crippen molar-refractivity contribution in [3.05, 3.63) is 12.2 Å². The molecule has 0 N–H and O–H groups in total. The quantitative estimate of drug-likeness (QED) is 0.806. The fourth-order valence-corrected chi connectivity index (χ4v) is 2.88. The molecule has 4 nitrogen and oxygen atoms in total. The van der Waals surface area contributed by atoms with E-state index in [0.29, 0.717) is 12.2 Å². The molecule has 0 bridgehead atoms. The molecule has 0 radical (unpaired) electrons. The maximum absolute atomic E-state index is 12.2. The minimum atomic E-state index is 0.259. The number of aryl methyl sites for hydroxylation is 1. The van der Waals surface area contributed by atoms with Gasteiger partial charge < -0.3 is 0 Å². The number of carbonyl (C=O) groups is 1.